The van der Waals surface area contributed by atoms with Crippen LogP contribution >= 0.6 is 0 Å². The molecule has 2 nitrogen and oxygen atoms in total. The summed E-state index contributed by atoms with van der Waals surface area (Å²) in [6, 6.07) is 29.0. The standard InChI is InChI=1S/2C12H12N.2C2H6.CH4.2CH3.La/c2*1-11-7-9-13(10-8-11)12-5-3-2-4-6-12;2*1-2;;;;/h2*2-10H,1H3;2*1-2H3;1H4;2*1H3;/q2*+1;;;;2*-1;. The molecule has 1 radical (unpaired) electrons. The van der Waals surface area contributed by atoms with Gasteiger partial charge in [0.1, 0.15) is 0 Å². The molecule has 2 aromatic heterocycles. The molecule has 3 heteroatoms. The average Bonchev–Trinajstić information content (AvgIpc) is 2.84. The maximum atomic E-state index is 2.10. The molecule has 4 aromatic rings. The maximum absolute atomic E-state index is 2.10. The molecule has 0 aliphatic heterocycles. The Hall–Kier alpha value is -2.07. The van der Waals surface area contributed by atoms with Crippen molar-refractivity contribution in [3.63, 3.8) is 0 Å². The Morgan fingerprint density at radius 3 is 0.912 bits per heavy atom. The third kappa shape index (κ3) is 14.3. The number of aromatic nitrogens is 2. The number of para-hydroxylation sites is 2. The minimum absolute atomic E-state index is 0. The molecule has 0 saturated heterocycles. The van der Waals surface area contributed by atoms with E-state index in [2.05, 4.69) is 96.3 Å². The number of hydrogen-bond donors (Lipinski definition) is 0. The smallest absolute Gasteiger partial charge is 0.210 e. The fraction of sp³-hybridized carbons (Fsp3) is 0.226. The Bertz CT molecular complexity index is 839. The van der Waals surface area contributed by atoms with Gasteiger partial charge in [-0.1, -0.05) is 71.5 Å². The second kappa shape index (κ2) is 24.1. The zero-order valence-electron chi connectivity index (χ0n) is 21.9. The molecule has 0 fully saturated rings. The van der Waals surface area contributed by atoms with Crippen molar-refractivity contribution in [2.75, 3.05) is 0 Å². The molecule has 0 aliphatic carbocycles. The molecular formula is C31H46LaN2. The minimum Gasteiger partial charge on any atom is -0.358 e. The molecule has 0 amide bonds. The number of rotatable bonds is 2. The molecule has 34 heavy (non-hydrogen) atoms. The summed E-state index contributed by atoms with van der Waals surface area (Å²) in [5.74, 6) is 0. The molecule has 0 atom stereocenters. The molecule has 0 spiro atoms. The monoisotopic (exact) mass is 585 g/mol. The van der Waals surface area contributed by atoms with E-state index in [4.69, 9.17) is 0 Å². The van der Waals surface area contributed by atoms with Crippen molar-refractivity contribution in [1.82, 2.24) is 0 Å². The van der Waals surface area contributed by atoms with Crippen LogP contribution in [0.1, 0.15) is 46.2 Å². The summed E-state index contributed by atoms with van der Waals surface area (Å²) in [7, 11) is 0. The van der Waals surface area contributed by atoms with Gasteiger partial charge in [-0.2, -0.15) is 9.13 Å². The van der Waals surface area contributed by atoms with Crippen LogP contribution in [0.4, 0.5) is 0 Å². The van der Waals surface area contributed by atoms with Crippen molar-refractivity contribution in [3.05, 3.63) is 136 Å². The van der Waals surface area contributed by atoms with Crippen LogP contribution < -0.4 is 9.13 Å². The quantitative estimate of drug-likeness (QED) is 0.166. The van der Waals surface area contributed by atoms with E-state index in [9.17, 15) is 0 Å². The van der Waals surface area contributed by atoms with Gasteiger partial charge >= 0.3 is 0 Å². The van der Waals surface area contributed by atoms with E-state index in [1.165, 1.54) is 22.5 Å². The van der Waals surface area contributed by atoms with E-state index in [1.807, 2.05) is 64.1 Å². The SMILES string of the molecule is C.CC.CC.Cc1cc[n+](-c2ccccc2)cc1.Cc1cc[n+](-c2ccccc2)cc1.[CH3-].[CH3-].[La]. The van der Waals surface area contributed by atoms with E-state index in [0.29, 0.717) is 0 Å². The fourth-order valence-corrected chi connectivity index (χ4v) is 2.55. The van der Waals surface area contributed by atoms with Crippen LogP contribution in [0.3, 0.4) is 0 Å². The topological polar surface area (TPSA) is 7.76 Å². The first-order valence-electron chi connectivity index (χ1n) is 10.8. The third-order valence-electron chi connectivity index (χ3n) is 4.10. The second-order valence-electron chi connectivity index (χ2n) is 6.24. The largest absolute Gasteiger partial charge is 0.358 e. The fourth-order valence-electron chi connectivity index (χ4n) is 2.55. The number of hydrogen-bond acceptors (Lipinski definition) is 0. The average molecular weight is 586 g/mol. The van der Waals surface area contributed by atoms with Gasteiger partial charge in [-0.25, -0.2) is 0 Å². The Balaban J connectivity index is -0.000000209. The summed E-state index contributed by atoms with van der Waals surface area (Å²) in [6.07, 6.45) is 8.30. The zero-order chi connectivity index (χ0) is 22.2. The first-order chi connectivity index (χ1) is 14.7. The van der Waals surface area contributed by atoms with E-state index in [1.54, 1.807) is 0 Å². The van der Waals surface area contributed by atoms with Crippen molar-refractivity contribution >= 4 is 0 Å². The minimum atomic E-state index is 0. The van der Waals surface area contributed by atoms with Gasteiger partial charge in [-0.05, 0) is 25.0 Å². The van der Waals surface area contributed by atoms with Crippen LogP contribution in [0.5, 0.6) is 0 Å². The van der Waals surface area contributed by atoms with Gasteiger partial charge in [0.05, 0.1) is 0 Å². The van der Waals surface area contributed by atoms with Crippen LogP contribution in [0.15, 0.2) is 110 Å². The van der Waals surface area contributed by atoms with Gasteiger partial charge < -0.3 is 14.9 Å². The molecule has 0 N–H and O–H groups in total. The third-order valence-corrected chi connectivity index (χ3v) is 4.10. The number of benzene rings is 2. The molecule has 0 saturated carbocycles. The van der Waals surface area contributed by atoms with Gasteiger partial charge in [0.25, 0.3) is 0 Å². The summed E-state index contributed by atoms with van der Waals surface area (Å²) in [5, 5.41) is 0. The van der Waals surface area contributed by atoms with E-state index < -0.39 is 0 Å². The Kier molecular flexibility index (Phi) is 27.7. The van der Waals surface area contributed by atoms with Crippen molar-refractivity contribution < 1.29 is 44.7 Å². The predicted molar refractivity (Wildman–Crippen MR) is 148 cm³/mol. The molecule has 0 unspecified atom stereocenters. The summed E-state index contributed by atoms with van der Waals surface area (Å²) in [4.78, 5) is 0. The normalized spacial score (nSPS) is 7.94. The predicted octanol–water partition coefficient (Wildman–Crippen LogP) is 8.13. The molecule has 2 heterocycles. The molecule has 0 aliphatic rings. The molecule has 0 bridgehead atoms. The number of pyridine rings is 2. The van der Waals surface area contributed by atoms with Crippen LogP contribution in [-0.4, -0.2) is 0 Å². The number of nitrogens with zero attached hydrogens (tertiary/aromatic N) is 2. The summed E-state index contributed by atoms with van der Waals surface area (Å²) >= 11 is 0. The van der Waals surface area contributed by atoms with Crippen LogP contribution in [-0.2, 0) is 0 Å². The first kappa shape index (κ1) is 39.2. The Labute approximate surface area is 239 Å². The van der Waals surface area contributed by atoms with Crippen molar-refractivity contribution in [2.24, 2.45) is 0 Å². The Morgan fingerprint density at radius 1 is 0.441 bits per heavy atom. The van der Waals surface area contributed by atoms with Crippen LogP contribution in [0, 0.1) is 64.3 Å². The Morgan fingerprint density at radius 2 is 0.676 bits per heavy atom. The van der Waals surface area contributed by atoms with E-state index in [-0.39, 0.29) is 57.9 Å². The molecule has 4 rings (SSSR count). The van der Waals surface area contributed by atoms with Gasteiger partial charge in [0.2, 0.25) is 11.4 Å². The summed E-state index contributed by atoms with van der Waals surface area (Å²) in [6.45, 7) is 12.2. The van der Waals surface area contributed by atoms with Gasteiger partial charge in [-0.3, -0.25) is 0 Å². The number of aryl methyl sites for hydroxylation is 2. The zero-order valence-corrected chi connectivity index (χ0v) is 25.5. The van der Waals surface area contributed by atoms with Crippen molar-refractivity contribution in [3.8, 4) is 11.4 Å². The maximum Gasteiger partial charge on any atom is 0.210 e. The van der Waals surface area contributed by atoms with Gasteiger partial charge in [-0.15, -0.1) is 0 Å². The van der Waals surface area contributed by atoms with Gasteiger partial charge in [0.15, 0.2) is 24.8 Å². The van der Waals surface area contributed by atoms with E-state index in [0.717, 1.165) is 0 Å². The summed E-state index contributed by atoms with van der Waals surface area (Å²) in [5.41, 5.74) is 4.96. The second-order valence-corrected chi connectivity index (χ2v) is 6.24. The van der Waals surface area contributed by atoms with Crippen molar-refractivity contribution in [2.45, 2.75) is 49.0 Å². The molecule has 2 aromatic carbocycles. The summed E-state index contributed by atoms with van der Waals surface area (Å²) < 4.78 is 4.21. The molecular weight excluding hydrogens is 539 g/mol. The first-order valence-corrected chi connectivity index (χ1v) is 10.8. The van der Waals surface area contributed by atoms with Crippen LogP contribution in [0.2, 0.25) is 0 Å². The van der Waals surface area contributed by atoms with Crippen LogP contribution in [0.25, 0.3) is 11.4 Å². The van der Waals surface area contributed by atoms with Gasteiger partial charge in [0, 0.05) is 84.1 Å². The van der Waals surface area contributed by atoms with Crippen molar-refractivity contribution in [1.29, 1.82) is 0 Å². The molecule has 183 valence electrons. The van der Waals surface area contributed by atoms with E-state index >= 15 is 0 Å².